The lowest BCUT2D eigenvalue weighted by molar-refractivity contribution is -0.142. The summed E-state index contributed by atoms with van der Waals surface area (Å²) in [7, 11) is 0. The molecule has 2 amide bonds. The molecule has 2 unspecified atom stereocenters. The average Bonchev–Trinajstić information content (AvgIpc) is 2.60. The third-order valence-electron chi connectivity index (χ3n) is 4.21. The Morgan fingerprint density at radius 3 is 2.64 bits per heavy atom. The highest BCUT2D eigenvalue weighted by atomic mass is 16.5. The van der Waals surface area contributed by atoms with E-state index < -0.39 is 24.0 Å². The van der Waals surface area contributed by atoms with E-state index in [4.69, 9.17) is 9.47 Å². The fourth-order valence-electron chi connectivity index (χ4n) is 2.81. The molecule has 0 aliphatic carbocycles. The number of carbonyl (C=O) groups excluding carboxylic acids is 2. The number of carboxylic acid groups (broad SMARTS) is 1. The first-order valence-corrected chi connectivity index (χ1v) is 9.31. The molecule has 1 heterocycles. The number of fused-ring (bicyclic) bond motifs is 1. The number of anilines is 1. The van der Waals surface area contributed by atoms with Gasteiger partial charge in [-0.05, 0) is 39.8 Å². The second kappa shape index (κ2) is 9.05. The van der Waals surface area contributed by atoms with E-state index in [1.165, 1.54) is 4.90 Å². The number of ether oxygens (including phenoxy) is 2. The van der Waals surface area contributed by atoms with Gasteiger partial charge in [-0.1, -0.05) is 12.1 Å². The van der Waals surface area contributed by atoms with E-state index in [2.05, 4.69) is 5.32 Å². The molecule has 8 heteroatoms. The minimum Gasteiger partial charge on any atom is -0.480 e. The minimum absolute atomic E-state index is 0.0172. The molecule has 2 N–H and O–H groups in total. The number of rotatable bonds is 8. The molecule has 0 saturated heterocycles. The molecule has 28 heavy (non-hydrogen) atoms. The van der Waals surface area contributed by atoms with Gasteiger partial charge in [0.25, 0.3) is 5.91 Å². The van der Waals surface area contributed by atoms with E-state index in [0.717, 1.165) is 0 Å². The number of para-hydroxylation sites is 2. The van der Waals surface area contributed by atoms with Crippen LogP contribution in [0.15, 0.2) is 24.3 Å². The summed E-state index contributed by atoms with van der Waals surface area (Å²) in [4.78, 5) is 37.6. The monoisotopic (exact) mass is 392 g/mol. The second-order valence-corrected chi connectivity index (χ2v) is 7.68. The number of nitrogens with zero attached hydrogens (tertiary/aromatic N) is 1. The summed E-state index contributed by atoms with van der Waals surface area (Å²) in [6.45, 7) is 7.63. The van der Waals surface area contributed by atoms with E-state index in [-0.39, 0.29) is 37.5 Å². The van der Waals surface area contributed by atoms with Crippen LogP contribution in [0.3, 0.4) is 0 Å². The zero-order valence-electron chi connectivity index (χ0n) is 16.7. The molecule has 2 atom stereocenters. The first-order valence-electron chi connectivity index (χ1n) is 9.31. The van der Waals surface area contributed by atoms with Crippen molar-refractivity contribution in [2.45, 2.75) is 58.3 Å². The fourth-order valence-corrected chi connectivity index (χ4v) is 2.81. The molecule has 1 aromatic rings. The molecule has 8 nitrogen and oxygen atoms in total. The highest BCUT2D eigenvalue weighted by molar-refractivity contribution is 6.00. The maximum absolute atomic E-state index is 12.4. The molecule has 0 fully saturated rings. The smallest absolute Gasteiger partial charge is 0.326 e. The summed E-state index contributed by atoms with van der Waals surface area (Å²) >= 11 is 0. The minimum atomic E-state index is -1.12. The van der Waals surface area contributed by atoms with Crippen molar-refractivity contribution >= 4 is 23.5 Å². The second-order valence-electron chi connectivity index (χ2n) is 7.68. The van der Waals surface area contributed by atoms with Crippen molar-refractivity contribution < 1.29 is 29.0 Å². The van der Waals surface area contributed by atoms with Crippen molar-refractivity contribution in [1.82, 2.24) is 5.32 Å². The lowest BCUT2D eigenvalue weighted by atomic mass is 10.1. The molecule has 154 valence electrons. The summed E-state index contributed by atoms with van der Waals surface area (Å²) in [5.41, 5.74) is 0.222. The highest BCUT2D eigenvalue weighted by Gasteiger charge is 2.31. The maximum atomic E-state index is 12.4. The first kappa shape index (κ1) is 21.7. The van der Waals surface area contributed by atoms with E-state index >= 15 is 0 Å². The van der Waals surface area contributed by atoms with Crippen LogP contribution in [0.2, 0.25) is 0 Å². The molecule has 0 spiro atoms. The maximum Gasteiger partial charge on any atom is 0.326 e. The summed E-state index contributed by atoms with van der Waals surface area (Å²) in [6, 6.07) is 6.07. The van der Waals surface area contributed by atoms with Crippen LogP contribution in [0.5, 0.6) is 5.75 Å². The van der Waals surface area contributed by atoms with Gasteiger partial charge in [-0.3, -0.25) is 9.59 Å². The summed E-state index contributed by atoms with van der Waals surface area (Å²) in [6.07, 6.45) is -0.495. The fraction of sp³-hybridized carbons (Fsp3) is 0.550. The molecule has 1 aromatic carbocycles. The Kier molecular flexibility index (Phi) is 7.01. The number of benzene rings is 1. The van der Waals surface area contributed by atoms with Crippen molar-refractivity contribution in [3.63, 3.8) is 0 Å². The molecule has 2 rings (SSSR count). The van der Waals surface area contributed by atoms with Gasteiger partial charge in [-0.15, -0.1) is 0 Å². The van der Waals surface area contributed by atoms with Crippen LogP contribution in [0.25, 0.3) is 0 Å². The number of nitrogens with one attached hydrogen (secondary N) is 1. The van der Waals surface area contributed by atoms with Crippen molar-refractivity contribution in [2.24, 2.45) is 0 Å². The molecule has 0 bridgehead atoms. The summed E-state index contributed by atoms with van der Waals surface area (Å²) < 4.78 is 11.1. The van der Waals surface area contributed by atoms with Gasteiger partial charge in [-0.2, -0.15) is 0 Å². The van der Waals surface area contributed by atoms with E-state index in [0.29, 0.717) is 11.4 Å². The zero-order chi connectivity index (χ0) is 20.9. The SMILES string of the molecule is CC1Oc2ccccc2N(CCC(=O)NC(CCOC(C)(C)C)C(=O)O)C1=O. The van der Waals surface area contributed by atoms with Crippen LogP contribution in [0.4, 0.5) is 5.69 Å². The van der Waals surface area contributed by atoms with Crippen molar-refractivity contribution in [3.05, 3.63) is 24.3 Å². The highest BCUT2D eigenvalue weighted by Crippen LogP contribution is 2.33. The van der Waals surface area contributed by atoms with Gasteiger partial charge in [0.15, 0.2) is 6.10 Å². The van der Waals surface area contributed by atoms with Crippen LogP contribution >= 0.6 is 0 Å². The Hall–Kier alpha value is -2.61. The lowest BCUT2D eigenvalue weighted by Gasteiger charge is -2.32. The summed E-state index contributed by atoms with van der Waals surface area (Å²) in [5, 5.41) is 11.8. The summed E-state index contributed by atoms with van der Waals surface area (Å²) in [5.74, 6) is -1.21. The Labute approximate surface area is 164 Å². The van der Waals surface area contributed by atoms with Gasteiger partial charge >= 0.3 is 5.97 Å². The molecular formula is C20H28N2O6. The van der Waals surface area contributed by atoms with Crippen LogP contribution < -0.4 is 15.0 Å². The Morgan fingerprint density at radius 2 is 2.00 bits per heavy atom. The third-order valence-corrected chi connectivity index (χ3v) is 4.21. The molecule has 0 radical (unpaired) electrons. The van der Waals surface area contributed by atoms with Gasteiger partial charge in [0, 0.05) is 26.0 Å². The number of aliphatic carboxylic acids is 1. The normalized spacial score (nSPS) is 17.5. The van der Waals surface area contributed by atoms with Gasteiger partial charge in [0.05, 0.1) is 11.3 Å². The standard InChI is InChI=1S/C20H28N2O6/c1-13-18(24)22(15-7-5-6-8-16(15)28-13)11-9-17(23)21-14(19(25)26)10-12-27-20(2,3)4/h5-8,13-14H,9-12H2,1-4H3,(H,21,23)(H,25,26). The van der Waals surface area contributed by atoms with Gasteiger partial charge in [0.1, 0.15) is 11.8 Å². The predicted octanol–water partition coefficient (Wildman–Crippen LogP) is 1.97. The number of carbonyl (C=O) groups is 3. The third kappa shape index (κ3) is 5.95. The number of hydrogen-bond donors (Lipinski definition) is 2. The molecule has 0 saturated carbocycles. The molecule has 1 aliphatic rings. The average molecular weight is 392 g/mol. The van der Waals surface area contributed by atoms with E-state index in [9.17, 15) is 19.5 Å². The number of amides is 2. The van der Waals surface area contributed by atoms with E-state index in [1.54, 1.807) is 25.1 Å². The van der Waals surface area contributed by atoms with Crippen LogP contribution in [0.1, 0.15) is 40.5 Å². The van der Waals surface area contributed by atoms with Crippen molar-refractivity contribution in [1.29, 1.82) is 0 Å². The van der Waals surface area contributed by atoms with Gasteiger partial charge < -0.3 is 24.8 Å². The molecular weight excluding hydrogens is 364 g/mol. The van der Waals surface area contributed by atoms with E-state index in [1.807, 2.05) is 26.8 Å². The Balaban J connectivity index is 1.93. The van der Waals surface area contributed by atoms with Gasteiger partial charge in [-0.25, -0.2) is 4.79 Å². The predicted molar refractivity (Wildman–Crippen MR) is 103 cm³/mol. The number of hydrogen-bond acceptors (Lipinski definition) is 5. The Bertz CT molecular complexity index is 728. The Morgan fingerprint density at radius 1 is 1.32 bits per heavy atom. The van der Waals surface area contributed by atoms with Crippen LogP contribution in [-0.2, 0) is 19.1 Å². The molecule has 1 aliphatic heterocycles. The van der Waals surface area contributed by atoms with Crippen LogP contribution in [0, 0.1) is 0 Å². The van der Waals surface area contributed by atoms with Crippen molar-refractivity contribution in [3.8, 4) is 5.75 Å². The van der Waals surface area contributed by atoms with Crippen molar-refractivity contribution in [2.75, 3.05) is 18.1 Å². The largest absolute Gasteiger partial charge is 0.480 e. The molecule has 0 aromatic heterocycles. The number of carboxylic acids is 1. The first-order chi connectivity index (χ1) is 13.1. The zero-order valence-corrected chi connectivity index (χ0v) is 16.7. The topological polar surface area (TPSA) is 105 Å². The quantitative estimate of drug-likeness (QED) is 0.701. The van der Waals surface area contributed by atoms with Crippen LogP contribution in [-0.4, -0.2) is 53.8 Å². The van der Waals surface area contributed by atoms with Gasteiger partial charge in [0.2, 0.25) is 5.91 Å². The lowest BCUT2D eigenvalue weighted by Crippen LogP contribution is -2.47.